The quantitative estimate of drug-likeness (QED) is 0.644. The Balaban J connectivity index is 2.29. The summed E-state index contributed by atoms with van der Waals surface area (Å²) in [4.78, 5) is 3.25. The standard InChI is InChI=1S/C16H19F4N3OS/c1-10(22-25(24)15(2,3)4)11-5-6-13(12(17)9-11)23-8-7-21-14(23)16(18,19)20/h5-10,22H,1-4H3/t10-,25-/m1/s1. The smallest absolute Gasteiger partial charge is 0.450 e. The summed E-state index contributed by atoms with van der Waals surface area (Å²) in [6, 6.07) is 3.44. The summed E-state index contributed by atoms with van der Waals surface area (Å²) in [5.74, 6) is -2.02. The number of halogens is 4. The highest BCUT2D eigenvalue weighted by atomic mass is 32.2. The number of nitrogens with one attached hydrogen (secondary N) is 1. The number of rotatable bonds is 4. The second-order valence-corrected chi connectivity index (χ2v) is 8.55. The van der Waals surface area contributed by atoms with E-state index in [1.165, 1.54) is 12.1 Å². The third-order valence-electron chi connectivity index (χ3n) is 3.47. The molecule has 0 aliphatic carbocycles. The zero-order valence-electron chi connectivity index (χ0n) is 14.2. The van der Waals surface area contributed by atoms with Gasteiger partial charge in [-0.3, -0.25) is 4.57 Å². The highest BCUT2D eigenvalue weighted by Crippen LogP contribution is 2.31. The van der Waals surface area contributed by atoms with E-state index in [0.29, 0.717) is 10.1 Å². The molecule has 0 unspecified atom stereocenters. The van der Waals surface area contributed by atoms with Crippen molar-refractivity contribution >= 4 is 11.4 Å². The second kappa shape index (κ2) is 6.97. The van der Waals surface area contributed by atoms with Crippen molar-refractivity contribution in [1.82, 2.24) is 14.3 Å². The van der Waals surface area contributed by atoms with Crippen molar-refractivity contribution in [2.24, 2.45) is 0 Å². The number of imidazole rings is 1. The summed E-state index contributed by atoms with van der Waals surface area (Å²) >= 11 is -1.36. The van der Waals surface area contributed by atoms with Crippen LogP contribution < -0.4 is 4.72 Å². The van der Waals surface area contributed by atoms with Crippen molar-refractivity contribution < 1.29 is 22.1 Å². The molecule has 0 saturated heterocycles. The monoisotopic (exact) mass is 377 g/mol. The molecule has 1 aromatic carbocycles. The normalized spacial score (nSPS) is 15.2. The van der Waals surface area contributed by atoms with Crippen molar-refractivity contribution in [3.63, 3.8) is 0 Å². The number of alkyl halides is 3. The van der Waals surface area contributed by atoms with E-state index in [9.17, 15) is 22.1 Å². The first kappa shape index (κ1) is 19.7. The van der Waals surface area contributed by atoms with Crippen molar-refractivity contribution in [1.29, 1.82) is 0 Å². The van der Waals surface area contributed by atoms with Crippen LogP contribution in [0, 0.1) is 5.82 Å². The van der Waals surface area contributed by atoms with Gasteiger partial charge in [0, 0.05) is 23.8 Å². The molecule has 0 saturated carbocycles. The Kier molecular flexibility index (Phi) is 5.50. The number of benzene rings is 1. The summed E-state index contributed by atoms with van der Waals surface area (Å²) in [6.07, 6.45) is -2.67. The molecule has 0 bridgehead atoms. The van der Waals surface area contributed by atoms with Crippen LogP contribution >= 0.6 is 0 Å². The molecule has 2 rings (SSSR count). The van der Waals surface area contributed by atoms with Crippen molar-refractivity contribution in [3.05, 3.63) is 47.8 Å². The third-order valence-corrected chi connectivity index (χ3v) is 5.15. The maximum Gasteiger partial charge on any atom is 0.450 e. The first-order chi connectivity index (χ1) is 11.4. The zero-order valence-corrected chi connectivity index (χ0v) is 15.0. The van der Waals surface area contributed by atoms with E-state index in [4.69, 9.17) is 0 Å². The van der Waals surface area contributed by atoms with Gasteiger partial charge in [-0.25, -0.2) is 9.37 Å². The van der Waals surface area contributed by atoms with Crippen LogP contribution in [0.5, 0.6) is 0 Å². The highest BCUT2D eigenvalue weighted by molar-refractivity contribution is 7.90. The van der Waals surface area contributed by atoms with Crippen LogP contribution in [0.15, 0.2) is 30.6 Å². The average Bonchev–Trinajstić information content (AvgIpc) is 2.95. The van der Waals surface area contributed by atoms with Gasteiger partial charge in [-0.05, 0) is 45.4 Å². The molecule has 2 atom stereocenters. The Morgan fingerprint density at radius 3 is 2.40 bits per heavy atom. The first-order valence-electron chi connectivity index (χ1n) is 7.49. The van der Waals surface area contributed by atoms with Gasteiger partial charge in [0.05, 0.1) is 11.7 Å². The van der Waals surface area contributed by atoms with Crippen molar-refractivity contribution in [2.45, 2.75) is 44.7 Å². The van der Waals surface area contributed by atoms with Crippen molar-refractivity contribution in [2.75, 3.05) is 0 Å². The SMILES string of the molecule is C[C@@H](N[S@+]([O-])C(C)(C)C)c1ccc(-n2ccnc2C(F)(F)F)c(F)c1. The van der Waals surface area contributed by atoms with Crippen LogP contribution in [-0.2, 0) is 17.5 Å². The molecule has 9 heteroatoms. The molecule has 0 aliphatic heterocycles. The Labute approximate surface area is 146 Å². The maximum absolute atomic E-state index is 14.4. The van der Waals surface area contributed by atoms with Crippen LogP contribution in [0.3, 0.4) is 0 Å². The van der Waals surface area contributed by atoms with Crippen LogP contribution in [0.1, 0.15) is 45.1 Å². The predicted molar refractivity (Wildman–Crippen MR) is 88.0 cm³/mol. The van der Waals surface area contributed by atoms with Crippen LogP contribution in [-0.4, -0.2) is 18.9 Å². The summed E-state index contributed by atoms with van der Waals surface area (Å²) in [5, 5.41) is 0. The fourth-order valence-corrected chi connectivity index (χ4v) is 2.91. The lowest BCUT2D eigenvalue weighted by molar-refractivity contribution is -0.145. The number of hydrogen-bond donors (Lipinski definition) is 1. The Bertz CT molecular complexity index is 740. The number of nitrogens with zero attached hydrogens (tertiary/aromatic N) is 2. The lowest BCUT2D eigenvalue weighted by Gasteiger charge is -2.26. The van der Waals surface area contributed by atoms with Crippen molar-refractivity contribution in [3.8, 4) is 5.69 Å². The van der Waals surface area contributed by atoms with Gasteiger partial charge in [0.2, 0.25) is 5.82 Å². The Morgan fingerprint density at radius 2 is 1.88 bits per heavy atom. The van der Waals surface area contributed by atoms with Gasteiger partial charge >= 0.3 is 6.18 Å². The molecule has 0 aliphatic rings. The molecule has 0 spiro atoms. The lowest BCUT2D eigenvalue weighted by atomic mass is 10.1. The highest BCUT2D eigenvalue weighted by Gasteiger charge is 2.37. The predicted octanol–water partition coefficient (Wildman–Crippen LogP) is 4.14. The van der Waals surface area contributed by atoms with E-state index in [2.05, 4.69) is 9.71 Å². The molecule has 0 fully saturated rings. The Hall–Kier alpha value is -1.58. The third kappa shape index (κ3) is 4.53. The summed E-state index contributed by atoms with van der Waals surface area (Å²) in [6.45, 7) is 7.09. The summed E-state index contributed by atoms with van der Waals surface area (Å²) in [5.41, 5.74) is 0.227. The molecule has 25 heavy (non-hydrogen) atoms. The van der Waals surface area contributed by atoms with E-state index >= 15 is 0 Å². The topological polar surface area (TPSA) is 52.9 Å². The van der Waals surface area contributed by atoms with Gasteiger partial charge in [-0.1, -0.05) is 6.07 Å². The van der Waals surface area contributed by atoms with Gasteiger partial charge in [-0.15, -0.1) is 4.72 Å². The summed E-state index contributed by atoms with van der Waals surface area (Å²) < 4.78 is 68.3. The van der Waals surface area contributed by atoms with E-state index in [1.807, 2.05) is 0 Å². The molecule has 138 valence electrons. The number of hydrogen-bond acceptors (Lipinski definition) is 3. The average molecular weight is 377 g/mol. The van der Waals surface area contributed by atoms with Gasteiger partial charge < -0.3 is 4.55 Å². The molecule has 1 aromatic heterocycles. The number of aromatic nitrogens is 2. The minimum atomic E-state index is -4.69. The zero-order chi connectivity index (χ0) is 19.0. The van der Waals surface area contributed by atoms with Gasteiger partial charge in [0.25, 0.3) is 0 Å². The fraction of sp³-hybridized carbons (Fsp3) is 0.438. The molecule has 1 N–H and O–H groups in total. The largest absolute Gasteiger partial charge is 0.598 e. The van der Waals surface area contributed by atoms with E-state index in [1.54, 1.807) is 27.7 Å². The Morgan fingerprint density at radius 1 is 1.24 bits per heavy atom. The van der Waals surface area contributed by atoms with Gasteiger partial charge in [0.1, 0.15) is 10.6 Å². The van der Waals surface area contributed by atoms with Crippen LogP contribution in [0.4, 0.5) is 17.6 Å². The van der Waals surface area contributed by atoms with E-state index < -0.39 is 40.0 Å². The molecule has 2 aromatic rings. The van der Waals surface area contributed by atoms with Crippen LogP contribution in [0.25, 0.3) is 5.69 Å². The minimum Gasteiger partial charge on any atom is -0.598 e. The van der Waals surface area contributed by atoms with E-state index in [0.717, 1.165) is 18.5 Å². The molecular weight excluding hydrogens is 358 g/mol. The molecule has 0 radical (unpaired) electrons. The maximum atomic E-state index is 14.4. The minimum absolute atomic E-state index is 0.252. The fourth-order valence-electron chi connectivity index (χ4n) is 2.10. The van der Waals surface area contributed by atoms with Gasteiger partial charge in [0.15, 0.2) is 0 Å². The first-order valence-corrected chi connectivity index (χ1v) is 8.64. The second-order valence-electron chi connectivity index (χ2n) is 6.55. The molecule has 0 amide bonds. The molecule has 4 nitrogen and oxygen atoms in total. The van der Waals surface area contributed by atoms with Gasteiger partial charge in [-0.2, -0.15) is 13.2 Å². The van der Waals surface area contributed by atoms with Crippen LogP contribution in [0.2, 0.25) is 0 Å². The lowest BCUT2D eigenvalue weighted by Crippen LogP contribution is -2.40. The molecule has 1 heterocycles. The molecular formula is C16H19F4N3OS. The van der Waals surface area contributed by atoms with E-state index in [-0.39, 0.29) is 5.69 Å². The summed E-state index contributed by atoms with van der Waals surface area (Å²) in [7, 11) is 0.